The van der Waals surface area contributed by atoms with Crippen molar-refractivity contribution in [2.24, 2.45) is 11.3 Å². The van der Waals surface area contributed by atoms with E-state index in [1.54, 1.807) is 0 Å². The molecule has 0 saturated carbocycles. The summed E-state index contributed by atoms with van der Waals surface area (Å²) in [4.78, 5) is 13.5. The third-order valence-electron chi connectivity index (χ3n) is 3.55. The van der Waals surface area contributed by atoms with E-state index in [0.717, 1.165) is 51.6 Å². The van der Waals surface area contributed by atoms with Gasteiger partial charge in [-0.05, 0) is 31.7 Å². The number of aliphatic hydroxyl groups is 1. The molecule has 1 heterocycles. The largest absolute Gasteiger partial charge is 0.396 e. The highest BCUT2D eigenvalue weighted by Crippen LogP contribution is 2.25. The van der Waals surface area contributed by atoms with Crippen LogP contribution >= 0.6 is 0 Å². The normalized spacial score (nSPS) is 26.3. The van der Waals surface area contributed by atoms with Crippen LogP contribution in [0.1, 0.15) is 39.5 Å². The lowest BCUT2D eigenvalue weighted by atomic mass is 9.85. The molecule has 1 aliphatic heterocycles. The van der Waals surface area contributed by atoms with Gasteiger partial charge >= 0.3 is 0 Å². The van der Waals surface area contributed by atoms with Crippen molar-refractivity contribution in [3.63, 3.8) is 0 Å². The zero-order valence-electron chi connectivity index (χ0n) is 10.6. The Morgan fingerprint density at radius 3 is 2.88 bits per heavy atom. The Hall–Kier alpha value is -0.410. The van der Waals surface area contributed by atoms with Gasteiger partial charge in [0.05, 0.1) is 0 Å². The lowest BCUT2D eigenvalue weighted by molar-refractivity contribution is -0.117. The van der Waals surface area contributed by atoms with Crippen LogP contribution in [-0.4, -0.2) is 42.5 Å². The summed E-state index contributed by atoms with van der Waals surface area (Å²) in [7, 11) is 0. The van der Waals surface area contributed by atoms with Crippen LogP contribution in [0.15, 0.2) is 0 Å². The third-order valence-corrected chi connectivity index (χ3v) is 3.55. The highest BCUT2D eigenvalue weighted by Gasteiger charge is 2.28. The van der Waals surface area contributed by atoms with E-state index in [-0.39, 0.29) is 12.0 Å². The van der Waals surface area contributed by atoms with Crippen LogP contribution in [0, 0.1) is 11.3 Å². The molecule has 1 rings (SSSR count). The molecule has 1 saturated heterocycles. The number of nitrogens with zero attached hydrogens (tertiary/aromatic N) is 1. The number of hydrogen-bond acceptors (Lipinski definition) is 3. The molecule has 0 aromatic rings. The Balaban J connectivity index is 2.47. The number of likely N-dealkylation sites (tertiary alicyclic amines) is 1. The molecule has 0 radical (unpaired) electrons. The quantitative estimate of drug-likeness (QED) is 0.702. The number of carbonyl (C=O) groups excluding carboxylic acids is 1. The van der Waals surface area contributed by atoms with Gasteiger partial charge in [0.15, 0.2) is 0 Å². The van der Waals surface area contributed by atoms with Crippen molar-refractivity contribution in [3.8, 4) is 0 Å². The number of piperidine rings is 1. The zero-order valence-corrected chi connectivity index (χ0v) is 10.6. The second-order valence-corrected chi connectivity index (χ2v) is 5.45. The van der Waals surface area contributed by atoms with E-state index in [1.807, 2.05) is 6.92 Å². The van der Waals surface area contributed by atoms with Gasteiger partial charge < -0.3 is 14.8 Å². The molecule has 0 spiro atoms. The highest BCUT2D eigenvalue weighted by molar-refractivity contribution is 5.59. The Morgan fingerprint density at radius 1 is 1.56 bits per heavy atom. The second-order valence-electron chi connectivity index (χ2n) is 5.45. The minimum atomic E-state index is -0.202. The number of rotatable bonds is 6. The molecule has 2 atom stereocenters. The molecule has 3 nitrogen and oxygen atoms in total. The fourth-order valence-corrected chi connectivity index (χ4v) is 2.70. The SMILES string of the molecule is CCCC(C)(C=O)CN1CCCC(CO)C1. The molecule has 0 bridgehead atoms. The molecule has 0 amide bonds. The van der Waals surface area contributed by atoms with Gasteiger partial charge in [0, 0.05) is 25.1 Å². The third kappa shape index (κ3) is 3.87. The summed E-state index contributed by atoms with van der Waals surface area (Å²) >= 11 is 0. The van der Waals surface area contributed by atoms with Crippen LogP contribution in [0.5, 0.6) is 0 Å². The van der Waals surface area contributed by atoms with E-state index in [4.69, 9.17) is 0 Å². The van der Waals surface area contributed by atoms with E-state index in [0.29, 0.717) is 5.92 Å². The number of carbonyl (C=O) groups is 1. The van der Waals surface area contributed by atoms with E-state index in [9.17, 15) is 9.90 Å². The predicted octanol–water partition coefficient (Wildman–Crippen LogP) is 1.70. The van der Waals surface area contributed by atoms with Crippen LogP contribution in [0.3, 0.4) is 0 Å². The van der Waals surface area contributed by atoms with Gasteiger partial charge in [-0.2, -0.15) is 0 Å². The van der Waals surface area contributed by atoms with E-state index >= 15 is 0 Å². The molecule has 2 unspecified atom stereocenters. The first kappa shape index (κ1) is 13.7. The lowest BCUT2D eigenvalue weighted by Gasteiger charge is -2.36. The summed E-state index contributed by atoms with van der Waals surface area (Å²) in [5.74, 6) is 0.409. The average molecular weight is 227 g/mol. The van der Waals surface area contributed by atoms with Gasteiger partial charge in [0.2, 0.25) is 0 Å². The van der Waals surface area contributed by atoms with Crippen LogP contribution < -0.4 is 0 Å². The molecule has 0 aliphatic carbocycles. The minimum Gasteiger partial charge on any atom is -0.396 e. The summed E-state index contributed by atoms with van der Waals surface area (Å²) in [6, 6.07) is 0. The summed E-state index contributed by atoms with van der Waals surface area (Å²) in [6.45, 7) is 7.32. The van der Waals surface area contributed by atoms with Gasteiger partial charge in [0.25, 0.3) is 0 Å². The average Bonchev–Trinajstić information content (AvgIpc) is 2.29. The van der Waals surface area contributed by atoms with Gasteiger partial charge in [-0.25, -0.2) is 0 Å². The molecule has 0 aromatic carbocycles. The molecule has 1 aliphatic rings. The van der Waals surface area contributed by atoms with Crippen molar-refractivity contribution in [1.29, 1.82) is 0 Å². The summed E-state index contributed by atoms with van der Waals surface area (Å²) in [5, 5.41) is 9.17. The molecule has 1 fully saturated rings. The molecule has 94 valence electrons. The second kappa shape index (κ2) is 6.36. The Bertz CT molecular complexity index is 220. The maximum Gasteiger partial charge on any atom is 0.127 e. The van der Waals surface area contributed by atoms with Crippen molar-refractivity contribution in [1.82, 2.24) is 4.90 Å². The van der Waals surface area contributed by atoms with E-state index in [2.05, 4.69) is 11.8 Å². The van der Waals surface area contributed by atoms with Crippen LogP contribution in [0.25, 0.3) is 0 Å². The Labute approximate surface area is 98.8 Å². The Morgan fingerprint density at radius 2 is 2.31 bits per heavy atom. The van der Waals surface area contributed by atoms with Crippen molar-refractivity contribution < 1.29 is 9.90 Å². The highest BCUT2D eigenvalue weighted by atomic mass is 16.3. The predicted molar refractivity (Wildman–Crippen MR) is 65.3 cm³/mol. The molecule has 1 N–H and O–H groups in total. The van der Waals surface area contributed by atoms with Crippen molar-refractivity contribution in [2.45, 2.75) is 39.5 Å². The van der Waals surface area contributed by atoms with Crippen LogP contribution in [0.4, 0.5) is 0 Å². The Kier molecular flexibility index (Phi) is 5.42. The minimum absolute atomic E-state index is 0.202. The summed E-state index contributed by atoms with van der Waals surface area (Å²) in [5.41, 5.74) is -0.202. The van der Waals surface area contributed by atoms with Crippen LogP contribution in [-0.2, 0) is 4.79 Å². The number of aliphatic hydroxyl groups excluding tert-OH is 1. The maximum atomic E-state index is 11.2. The molecule has 0 aromatic heterocycles. The van der Waals surface area contributed by atoms with E-state index < -0.39 is 0 Å². The van der Waals surface area contributed by atoms with Gasteiger partial charge in [0.1, 0.15) is 6.29 Å². The fraction of sp³-hybridized carbons (Fsp3) is 0.923. The topological polar surface area (TPSA) is 40.5 Å². The first-order valence-corrected chi connectivity index (χ1v) is 6.43. The van der Waals surface area contributed by atoms with Crippen molar-refractivity contribution >= 4 is 6.29 Å². The lowest BCUT2D eigenvalue weighted by Crippen LogP contribution is -2.43. The van der Waals surface area contributed by atoms with Crippen molar-refractivity contribution in [2.75, 3.05) is 26.2 Å². The number of aldehydes is 1. The first-order chi connectivity index (χ1) is 7.63. The first-order valence-electron chi connectivity index (χ1n) is 6.43. The molecule has 16 heavy (non-hydrogen) atoms. The smallest absolute Gasteiger partial charge is 0.127 e. The van der Waals surface area contributed by atoms with Crippen molar-refractivity contribution in [3.05, 3.63) is 0 Å². The molecule has 3 heteroatoms. The standard InChI is InChI=1S/C13H25NO2/c1-3-6-13(2,11-16)10-14-7-4-5-12(8-14)9-15/h11-12,15H,3-10H2,1-2H3. The van der Waals surface area contributed by atoms with Gasteiger partial charge in [-0.1, -0.05) is 20.3 Å². The monoisotopic (exact) mass is 227 g/mol. The molecular formula is C13H25NO2. The van der Waals surface area contributed by atoms with E-state index in [1.165, 1.54) is 0 Å². The summed E-state index contributed by atoms with van der Waals surface area (Å²) in [6.07, 6.45) is 5.38. The fourth-order valence-electron chi connectivity index (χ4n) is 2.70. The zero-order chi connectivity index (χ0) is 12.0. The van der Waals surface area contributed by atoms with Crippen LogP contribution in [0.2, 0.25) is 0 Å². The number of hydrogen-bond donors (Lipinski definition) is 1. The van der Waals surface area contributed by atoms with Gasteiger partial charge in [-0.15, -0.1) is 0 Å². The maximum absolute atomic E-state index is 11.2. The summed E-state index contributed by atoms with van der Waals surface area (Å²) < 4.78 is 0. The van der Waals surface area contributed by atoms with Gasteiger partial charge in [-0.3, -0.25) is 0 Å². The molecular weight excluding hydrogens is 202 g/mol.